The number of aryl methyl sites for hydroxylation is 1. The lowest BCUT2D eigenvalue weighted by atomic mass is 10.1. The van der Waals surface area contributed by atoms with Crippen LogP contribution in [0.4, 0.5) is 5.69 Å². The number of hydrogen-bond acceptors (Lipinski definition) is 3. The highest BCUT2D eigenvalue weighted by Gasteiger charge is 2.09. The Morgan fingerprint density at radius 2 is 1.62 bits per heavy atom. The average Bonchev–Trinajstić information content (AvgIpc) is 2.54. The Hall–Kier alpha value is -2.62. The van der Waals surface area contributed by atoms with Crippen molar-refractivity contribution in [3.63, 3.8) is 0 Å². The van der Waals surface area contributed by atoms with Gasteiger partial charge in [0.2, 0.25) is 5.91 Å². The molecular formula is C20H23NO3. The molecule has 1 amide bonds. The standard InChI is InChI=1S/C20H23NO3/c1-14(2)12-20(23)21-17-8-6-16(7-9-17)19(22)13-24-18-10-4-15(3)5-11-18/h4-11,14H,12-13H2,1-3H3,(H,21,23). The van der Waals surface area contributed by atoms with Crippen LogP contribution in [0.5, 0.6) is 5.75 Å². The van der Waals surface area contributed by atoms with Crippen molar-refractivity contribution in [1.29, 1.82) is 0 Å². The highest BCUT2D eigenvalue weighted by atomic mass is 16.5. The largest absolute Gasteiger partial charge is 0.485 e. The van der Waals surface area contributed by atoms with E-state index in [4.69, 9.17) is 4.74 Å². The van der Waals surface area contributed by atoms with Crippen LogP contribution >= 0.6 is 0 Å². The van der Waals surface area contributed by atoms with Crippen molar-refractivity contribution in [2.24, 2.45) is 5.92 Å². The van der Waals surface area contributed by atoms with Crippen molar-refractivity contribution in [2.75, 3.05) is 11.9 Å². The molecule has 0 heterocycles. The van der Waals surface area contributed by atoms with Crippen LogP contribution < -0.4 is 10.1 Å². The number of ketones is 1. The van der Waals surface area contributed by atoms with E-state index in [2.05, 4.69) is 5.32 Å². The zero-order valence-electron chi connectivity index (χ0n) is 14.3. The SMILES string of the molecule is Cc1ccc(OCC(=O)c2ccc(NC(=O)CC(C)C)cc2)cc1. The molecule has 4 heteroatoms. The first-order valence-electron chi connectivity index (χ1n) is 8.06. The van der Waals surface area contributed by atoms with Gasteiger partial charge in [0, 0.05) is 17.7 Å². The van der Waals surface area contributed by atoms with Crippen LogP contribution in [0.15, 0.2) is 48.5 Å². The summed E-state index contributed by atoms with van der Waals surface area (Å²) in [5, 5.41) is 2.82. The number of ether oxygens (including phenoxy) is 1. The van der Waals surface area contributed by atoms with E-state index >= 15 is 0 Å². The van der Waals surface area contributed by atoms with Gasteiger partial charge in [0.15, 0.2) is 12.4 Å². The molecule has 0 aromatic heterocycles. The van der Waals surface area contributed by atoms with Crippen molar-refractivity contribution in [1.82, 2.24) is 0 Å². The summed E-state index contributed by atoms with van der Waals surface area (Å²) >= 11 is 0. The van der Waals surface area contributed by atoms with E-state index in [1.807, 2.05) is 45.0 Å². The van der Waals surface area contributed by atoms with Gasteiger partial charge in [-0.3, -0.25) is 9.59 Å². The fraction of sp³-hybridized carbons (Fsp3) is 0.300. The van der Waals surface area contributed by atoms with Gasteiger partial charge in [-0.2, -0.15) is 0 Å². The first kappa shape index (κ1) is 17.7. The molecule has 2 aromatic carbocycles. The summed E-state index contributed by atoms with van der Waals surface area (Å²) in [7, 11) is 0. The Bertz CT molecular complexity index is 688. The number of rotatable bonds is 7. The highest BCUT2D eigenvalue weighted by molar-refractivity contribution is 5.98. The molecule has 0 aliphatic heterocycles. The Morgan fingerprint density at radius 1 is 1.00 bits per heavy atom. The smallest absolute Gasteiger partial charge is 0.224 e. The van der Waals surface area contributed by atoms with Gasteiger partial charge in [-0.05, 0) is 49.2 Å². The van der Waals surface area contributed by atoms with Gasteiger partial charge in [0.05, 0.1) is 0 Å². The minimum Gasteiger partial charge on any atom is -0.485 e. The molecular weight excluding hydrogens is 302 g/mol. The molecule has 0 atom stereocenters. The molecule has 4 nitrogen and oxygen atoms in total. The maximum Gasteiger partial charge on any atom is 0.224 e. The molecule has 0 radical (unpaired) electrons. The van der Waals surface area contributed by atoms with Crippen molar-refractivity contribution >= 4 is 17.4 Å². The monoisotopic (exact) mass is 325 g/mol. The third kappa shape index (κ3) is 5.54. The third-order valence-corrected chi connectivity index (χ3v) is 3.48. The molecule has 0 aliphatic rings. The van der Waals surface area contributed by atoms with Gasteiger partial charge >= 0.3 is 0 Å². The Balaban J connectivity index is 1.88. The second-order valence-electron chi connectivity index (χ2n) is 6.25. The zero-order valence-corrected chi connectivity index (χ0v) is 14.3. The van der Waals surface area contributed by atoms with Crippen LogP contribution in [0, 0.1) is 12.8 Å². The molecule has 0 aliphatic carbocycles. The molecule has 0 fully saturated rings. The predicted molar refractivity (Wildman–Crippen MR) is 95.5 cm³/mol. The van der Waals surface area contributed by atoms with E-state index in [0.717, 1.165) is 5.56 Å². The third-order valence-electron chi connectivity index (χ3n) is 3.48. The minimum atomic E-state index is -0.101. The summed E-state index contributed by atoms with van der Waals surface area (Å²) in [6.07, 6.45) is 0.477. The molecule has 0 unspecified atom stereocenters. The highest BCUT2D eigenvalue weighted by Crippen LogP contribution is 2.14. The van der Waals surface area contributed by atoms with Crippen molar-refractivity contribution in [3.8, 4) is 5.75 Å². The van der Waals surface area contributed by atoms with E-state index in [1.54, 1.807) is 24.3 Å². The van der Waals surface area contributed by atoms with Crippen LogP contribution in [0.1, 0.15) is 36.2 Å². The van der Waals surface area contributed by atoms with Gasteiger partial charge in [0.25, 0.3) is 0 Å². The first-order valence-corrected chi connectivity index (χ1v) is 8.06. The molecule has 24 heavy (non-hydrogen) atoms. The van der Waals surface area contributed by atoms with Crippen LogP contribution in [-0.4, -0.2) is 18.3 Å². The van der Waals surface area contributed by atoms with Crippen LogP contribution in [0.2, 0.25) is 0 Å². The molecule has 126 valence electrons. The second kappa shape index (κ2) is 8.29. The van der Waals surface area contributed by atoms with Crippen molar-refractivity contribution in [2.45, 2.75) is 27.2 Å². The molecule has 0 saturated heterocycles. The molecule has 2 aromatic rings. The minimum absolute atomic E-state index is 0.0118. The van der Waals surface area contributed by atoms with Gasteiger partial charge in [-0.25, -0.2) is 0 Å². The maximum absolute atomic E-state index is 12.2. The van der Waals surface area contributed by atoms with Gasteiger partial charge in [-0.1, -0.05) is 31.5 Å². The lowest BCUT2D eigenvalue weighted by molar-refractivity contribution is -0.116. The molecule has 1 N–H and O–H groups in total. The lowest BCUT2D eigenvalue weighted by Crippen LogP contribution is -2.14. The quantitative estimate of drug-likeness (QED) is 0.775. The number of anilines is 1. The van der Waals surface area contributed by atoms with E-state index in [0.29, 0.717) is 29.3 Å². The summed E-state index contributed by atoms with van der Waals surface area (Å²) in [6, 6.07) is 14.4. The van der Waals surface area contributed by atoms with Crippen LogP contribution in [-0.2, 0) is 4.79 Å². The van der Waals surface area contributed by atoms with Gasteiger partial charge in [-0.15, -0.1) is 0 Å². The first-order chi connectivity index (χ1) is 11.4. The molecule has 0 saturated carbocycles. The van der Waals surface area contributed by atoms with E-state index < -0.39 is 0 Å². The average molecular weight is 325 g/mol. The second-order valence-corrected chi connectivity index (χ2v) is 6.25. The van der Waals surface area contributed by atoms with Crippen molar-refractivity contribution < 1.29 is 14.3 Å². The fourth-order valence-electron chi connectivity index (χ4n) is 2.19. The molecule has 0 bridgehead atoms. The van der Waals surface area contributed by atoms with Crippen LogP contribution in [0.3, 0.4) is 0 Å². The number of hydrogen-bond donors (Lipinski definition) is 1. The number of nitrogens with one attached hydrogen (secondary N) is 1. The normalized spacial score (nSPS) is 10.5. The number of Topliss-reactive ketones (excluding diaryl/α,β-unsaturated/α-hetero) is 1. The number of carbonyl (C=O) groups is 2. The number of carbonyl (C=O) groups excluding carboxylic acids is 2. The maximum atomic E-state index is 12.2. The van der Waals surface area contributed by atoms with E-state index in [1.165, 1.54) is 0 Å². The summed E-state index contributed by atoms with van der Waals surface area (Å²) in [6.45, 7) is 5.98. The lowest BCUT2D eigenvalue weighted by Gasteiger charge is -2.08. The van der Waals surface area contributed by atoms with Gasteiger partial charge < -0.3 is 10.1 Å². The molecule has 0 spiro atoms. The van der Waals surface area contributed by atoms with E-state index in [9.17, 15) is 9.59 Å². The van der Waals surface area contributed by atoms with Crippen LogP contribution in [0.25, 0.3) is 0 Å². The Morgan fingerprint density at radius 3 is 2.21 bits per heavy atom. The summed E-state index contributed by atoms with van der Waals surface area (Å²) in [5.74, 6) is 0.860. The topological polar surface area (TPSA) is 55.4 Å². The summed E-state index contributed by atoms with van der Waals surface area (Å²) in [4.78, 5) is 23.9. The molecule has 2 rings (SSSR count). The number of amides is 1. The fourth-order valence-corrected chi connectivity index (χ4v) is 2.19. The Kier molecular flexibility index (Phi) is 6.13. The summed E-state index contributed by atoms with van der Waals surface area (Å²) in [5.41, 5.74) is 2.39. The van der Waals surface area contributed by atoms with E-state index in [-0.39, 0.29) is 18.3 Å². The Labute approximate surface area is 142 Å². The van der Waals surface area contributed by atoms with Gasteiger partial charge in [0.1, 0.15) is 5.75 Å². The van der Waals surface area contributed by atoms with Crippen molar-refractivity contribution in [3.05, 3.63) is 59.7 Å². The number of benzene rings is 2. The predicted octanol–water partition coefficient (Wildman–Crippen LogP) is 4.24. The summed E-state index contributed by atoms with van der Waals surface area (Å²) < 4.78 is 5.50. The zero-order chi connectivity index (χ0) is 17.5.